The summed E-state index contributed by atoms with van der Waals surface area (Å²) in [5.41, 5.74) is -0.463. The molecule has 0 aromatic heterocycles. The van der Waals surface area contributed by atoms with Crippen LogP contribution in [0.2, 0.25) is 0 Å². The number of imide groups is 1. The van der Waals surface area contributed by atoms with Gasteiger partial charge in [-0.15, -0.1) is 0 Å². The fourth-order valence-electron chi connectivity index (χ4n) is 1.61. The van der Waals surface area contributed by atoms with Crippen molar-refractivity contribution in [1.82, 2.24) is 10.6 Å². The Hall–Kier alpha value is -2.88. The van der Waals surface area contributed by atoms with Crippen LogP contribution in [0.3, 0.4) is 0 Å². The predicted molar refractivity (Wildman–Crippen MR) is 84.9 cm³/mol. The maximum Gasteiger partial charge on any atom is 0.416 e. The summed E-state index contributed by atoms with van der Waals surface area (Å²) < 4.78 is 46.6. The van der Waals surface area contributed by atoms with E-state index in [4.69, 9.17) is 4.74 Å². The van der Waals surface area contributed by atoms with Crippen molar-refractivity contribution >= 4 is 24.0 Å². The van der Waals surface area contributed by atoms with Gasteiger partial charge in [-0.05, 0) is 23.8 Å². The highest BCUT2D eigenvalue weighted by Gasteiger charge is 2.29. The number of hydrogen-bond acceptors (Lipinski definition) is 5. The second kappa shape index (κ2) is 10.2. The Balaban J connectivity index is 2.38. The lowest BCUT2D eigenvalue weighted by atomic mass is 10.1. The molecule has 0 saturated heterocycles. The summed E-state index contributed by atoms with van der Waals surface area (Å²) in [4.78, 5) is 34.1. The standard InChI is InChI=1S/C16H17F3N2O5/c1-25-9-8-20-15(24)21-13(22)10-26-14(23)7-4-11-2-5-12(6-3-11)16(17,18)19/h2-7H,8-10H2,1H3,(H2,20,21,22,24)/b7-4+. The fourth-order valence-corrected chi connectivity index (χ4v) is 1.61. The average Bonchev–Trinajstić information content (AvgIpc) is 2.58. The third-order valence-corrected chi connectivity index (χ3v) is 2.84. The van der Waals surface area contributed by atoms with Gasteiger partial charge in [-0.2, -0.15) is 13.2 Å². The Morgan fingerprint density at radius 2 is 1.81 bits per heavy atom. The largest absolute Gasteiger partial charge is 0.452 e. The minimum absolute atomic E-state index is 0.200. The van der Waals surface area contributed by atoms with Crippen molar-refractivity contribution in [3.05, 3.63) is 41.5 Å². The third kappa shape index (κ3) is 8.29. The molecule has 7 nitrogen and oxygen atoms in total. The number of halogens is 3. The summed E-state index contributed by atoms with van der Waals surface area (Å²) in [5.74, 6) is -1.73. The molecule has 0 unspecified atom stereocenters. The Morgan fingerprint density at radius 1 is 1.15 bits per heavy atom. The maximum absolute atomic E-state index is 12.4. The van der Waals surface area contributed by atoms with E-state index in [2.05, 4.69) is 10.1 Å². The van der Waals surface area contributed by atoms with Crippen molar-refractivity contribution in [1.29, 1.82) is 0 Å². The number of carbonyl (C=O) groups is 3. The molecule has 0 radical (unpaired) electrons. The Kier molecular flexibility index (Phi) is 8.29. The van der Waals surface area contributed by atoms with Gasteiger partial charge in [0.25, 0.3) is 5.91 Å². The highest BCUT2D eigenvalue weighted by atomic mass is 19.4. The first-order valence-corrected chi connectivity index (χ1v) is 7.31. The molecule has 1 rings (SSSR count). The Bertz CT molecular complexity index is 657. The lowest BCUT2D eigenvalue weighted by Gasteiger charge is -2.06. The van der Waals surface area contributed by atoms with Crippen LogP contribution in [0.15, 0.2) is 30.3 Å². The van der Waals surface area contributed by atoms with Crippen molar-refractivity contribution < 1.29 is 37.0 Å². The number of methoxy groups -OCH3 is 1. The number of nitrogens with one attached hydrogen (secondary N) is 2. The van der Waals surface area contributed by atoms with Gasteiger partial charge in [0.05, 0.1) is 12.2 Å². The highest BCUT2D eigenvalue weighted by Crippen LogP contribution is 2.29. The van der Waals surface area contributed by atoms with E-state index in [-0.39, 0.29) is 13.2 Å². The minimum Gasteiger partial charge on any atom is -0.452 e. The molecular weight excluding hydrogens is 357 g/mol. The monoisotopic (exact) mass is 374 g/mol. The summed E-state index contributed by atoms with van der Waals surface area (Å²) in [5, 5.41) is 4.27. The van der Waals surface area contributed by atoms with Crippen LogP contribution in [-0.4, -0.2) is 44.8 Å². The molecule has 1 aromatic rings. The molecule has 142 valence electrons. The van der Waals surface area contributed by atoms with E-state index in [0.717, 1.165) is 18.2 Å². The third-order valence-electron chi connectivity index (χ3n) is 2.84. The van der Waals surface area contributed by atoms with Crippen LogP contribution in [0.4, 0.5) is 18.0 Å². The molecule has 0 aliphatic carbocycles. The molecule has 0 saturated carbocycles. The SMILES string of the molecule is COCCNC(=O)NC(=O)COC(=O)/C=C/c1ccc(C(F)(F)F)cc1. The van der Waals surface area contributed by atoms with E-state index in [0.29, 0.717) is 5.56 Å². The van der Waals surface area contributed by atoms with Crippen LogP contribution in [0.1, 0.15) is 11.1 Å². The number of urea groups is 1. The molecule has 10 heteroatoms. The molecule has 0 spiro atoms. The van der Waals surface area contributed by atoms with Gasteiger partial charge in [0.2, 0.25) is 0 Å². The second-order valence-electron chi connectivity index (χ2n) is 4.86. The molecule has 0 aliphatic heterocycles. The minimum atomic E-state index is -4.44. The number of hydrogen-bond donors (Lipinski definition) is 2. The number of amides is 3. The quantitative estimate of drug-likeness (QED) is 0.431. The van der Waals surface area contributed by atoms with E-state index in [9.17, 15) is 27.6 Å². The summed E-state index contributed by atoms with van der Waals surface area (Å²) in [6, 6.07) is 3.36. The summed E-state index contributed by atoms with van der Waals surface area (Å²) in [7, 11) is 1.45. The van der Waals surface area contributed by atoms with Crippen LogP contribution in [0, 0.1) is 0 Å². The summed E-state index contributed by atoms with van der Waals surface area (Å²) in [6.07, 6.45) is -2.25. The fraction of sp³-hybridized carbons (Fsp3) is 0.312. The van der Waals surface area contributed by atoms with Gasteiger partial charge < -0.3 is 14.8 Å². The Morgan fingerprint density at radius 3 is 2.38 bits per heavy atom. The highest BCUT2D eigenvalue weighted by molar-refractivity contribution is 5.96. The van der Waals surface area contributed by atoms with Crippen LogP contribution < -0.4 is 10.6 Å². The van der Waals surface area contributed by atoms with E-state index in [1.807, 2.05) is 5.32 Å². The van der Waals surface area contributed by atoms with Crippen molar-refractivity contribution in [2.75, 3.05) is 26.9 Å². The lowest BCUT2D eigenvalue weighted by Crippen LogP contribution is -2.42. The molecular formula is C16H17F3N2O5. The van der Waals surface area contributed by atoms with Gasteiger partial charge in [0.1, 0.15) is 0 Å². The number of ether oxygens (including phenoxy) is 2. The first kappa shape index (κ1) is 21.2. The van der Waals surface area contributed by atoms with Crippen molar-refractivity contribution in [3.8, 4) is 0 Å². The second-order valence-corrected chi connectivity index (χ2v) is 4.86. The lowest BCUT2D eigenvalue weighted by molar-refractivity contribution is -0.143. The normalized spacial score (nSPS) is 11.2. The van der Waals surface area contributed by atoms with Crippen LogP contribution in [0.25, 0.3) is 6.08 Å². The zero-order chi connectivity index (χ0) is 19.6. The molecule has 0 bridgehead atoms. The molecule has 3 amide bonds. The first-order valence-electron chi connectivity index (χ1n) is 7.31. The van der Waals surface area contributed by atoms with Gasteiger partial charge in [-0.25, -0.2) is 9.59 Å². The Labute approximate surface area is 147 Å². The van der Waals surface area contributed by atoms with Crippen LogP contribution >= 0.6 is 0 Å². The summed E-state index contributed by atoms with van der Waals surface area (Å²) in [6.45, 7) is -0.218. The zero-order valence-electron chi connectivity index (χ0n) is 13.8. The first-order chi connectivity index (χ1) is 12.2. The van der Waals surface area contributed by atoms with E-state index < -0.39 is 36.3 Å². The number of rotatable bonds is 7. The molecule has 1 aromatic carbocycles. The van der Waals surface area contributed by atoms with E-state index >= 15 is 0 Å². The molecule has 0 atom stereocenters. The van der Waals surface area contributed by atoms with Crippen molar-refractivity contribution in [2.24, 2.45) is 0 Å². The van der Waals surface area contributed by atoms with Crippen LogP contribution in [-0.2, 0) is 25.2 Å². The summed E-state index contributed by atoms with van der Waals surface area (Å²) >= 11 is 0. The maximum atomic E-state index is 12.4. The molecule has 2 N–H and O–H groups in total. The van der Waals surface area contributed by atoms with Gasteiger partial charge in [-0.1, -0.05) is 12.1 Å². The number of esters is 1. The number of alkyl halides is 3. The molecule has 0 aliphatic rings. The van der Waals surface area contributed by atoms with Crippen LogP contribution in [0.5, 0.6) is 0 Å². The average molecular weight is 374 g/mol. The molecule has 0 heterocycles. The number of benzene rings is 1. The molecule has 0 fully saturated rings. The number of carbonyl (C=O) groups excluding carboxylic acids is 3. The van der Waals surface area contributed by atoms with Gasteiger partial charge >= 0.3 is 18.2 Å². The van der Waals surface area contributed by atoms with Crippen molar-refractivity contribution in [3.63, 3.8) is 0 Å². The predicted octanol–water partition coefficient (Wildman–Crippen LogP) is 1.73. The topological polar surface area (TPSA) is 93.7 Å². The smallest absolute Gasteiger partial charge is 0.416 e. The van der Waals surface area contributed by atoms with Crippen molar-refractivity contribution in [2.45, 2.75) is 6.18 Å². The van der Waals surface area contributed by atoms with Gasteiger partial charge in [0.15, 0.2) is 6.61 Å². The van der Waals surface area contributed by atoms with E-state index in [1.165, 1.54) is 25.3 Å². The van der Waals surface area contributed by atoms with Gasteiger partial charge in [0, 0.05) is 19.7 Å². The van der Waals surface area contributed by atoms with Gasteiger partial charge in [-0.3, -0.25) is 10.1 Å². The van der Waals surface area contributed by atoms with E-state index in [1.54, 1.807) is 0 Å². The zero-order valence-corrected chi connectivity index (χ0v) is 13.8. The molecule has 26 heavy (non-hydrogen) atoms.